The Kier molecular flexibility index (Phi) is 6.02. The van der Waals surface area contributed by atoms with Gasteiger partial charge in [-0.1, -0.05) is 6.07 Å². The highest BCUT2D eigenvalue weighted by Crippen LogP contribution is 2.29. The first-order valence-corrected chi connectivity index (χ1v) is 10.3. The number of pyridine rings is 1. The van der Waals surface area contributed by atoms with Crippen LogP contribution in [0.2, 0.25) is 0 Å². The third-order valence-electron chi connectivity index (χ3n) is 5.10. The predicted octanol–water partition coefficient (Wildman–Crippen LogP) is 3.31. The molecule has 1 fully saturated rings. The molecule has 0 spiro atoms. The molecule has 1 amide bonds. The van der Waals surface area contributed by atoms with Gasteiger partial charge in [0.15, 0.2) is 0 Å². The van der Waals surface area contributed by atoms with E-state index >= 15 is 0 Å². The lowest BCUT2D eigenvalue weighted by Crippen LogP contribution is -2.56. The van der Waals surface area contributed by atoms with Gasteiger partial charge in [-0.25, -0.2) is 9.78 Å². The van der Waals surface area contributed by atoms with Gasteiger partial charge in [0.05, 0.1) is 17.8 Å². The van der Waals surface area contributed by atoms with Crippen molar-refractivity contribution in [3.8, 4) is 10.7 Å². The number of hydrogen-bond acceptors (Lipinski definition) is 6. The average Bonchev–Trinajstić information content (AvgIpc) is 3.10. The molecule has 1 aliphatic heterocycles. The molecule has 0 saturated carbocycles. The smallest absolute Gasteiger partial charge is 0.407 e. The Morgan fingerprint density at radius 1 is 1.29 bits per heavy atom. The SMILES string of the molecule is CC(C)(C)N(CC1(O)CCN(Cc2cnc(-c3ccccn3)s2)CC1)C(=O)O. The second-order valence-corrected chi connectivity index (χ2v) is 9.50. The van der Waals surface area contributed by atoms with Crippen molar-refractivity contribution in [2.24, 2.45) is 0 Å². The number of likely N-dealkylation sites (tertiary alicyclic amines) is 1. The van der Waals surface area contributed by atoms with Crippen molar-refractivity contribution in [3.63, 3.8) is 0 Å². The van der Waals surface area contributed by atoms with E-state index in [4.69, 9.17) is 0 Å². The Morgan fingerprint density at radius 3 is 2.57 bits per heavy atom. The molecule has 8 heteroatoms. The number of piperidine rings is 1. The number of thiazole rings is 1. The number of β-amino-alcohol motifs (C(OH)–C–C–N with tert-alkyl or cyclic N) is 1. The van der Waals surface area contributed by atoms with Crippen LogP contribution in [-0.2, 0) is 6.54 Å². The quantitative estimate of drug-likeness (QED) is 0.795. The van der Waals surface area contributed by atoms with Gasteiger partial charge in [-0.2, -0.15) is 0 Å². The van der Waals surface area contributed by atoms with Gasteiger partial charge in [0.2, 0.25) is 0 Å². The zero-order valence-electron chi connectivity index (χ0n) is 16.6. The number of rotatable bonds is 5. The van der Waals surface area contributed by atoms with Crippen molar-refractivity contribution < 1.29 is 15.0 Å². The minimum Gasteiger partial charge on any atom is -0.465 e. The average molecular weight is 405 g/mol. The molecule has 3 heterocycles. The van der Waals surface area contributed by atoms with Crippen LogP contribution >= 0.6 is 11.3 Å². The molecule has 152 valence electrons. The van der Waals surface area contributed by atoms with Gasteiger partial charge >= 0.3 is 6.09 Å². The van der Waals surface area contributed by atoms with Gasteiger partial charge < -0.3 is 15.1 Å². The zero-order chi connectivity index (χ0) is 20.4. The minimum absolute atomic E-state index is 0.143. The first kappa shape index (κ1) is 20.7. The van der Waals surface area contributed by atoms with Gasteiger partial charge in [0, 0.05) is 42.4 Å². The summed E-state index contributed by atoms with van der Waals surface area (Å²) < 4.78 is 0. The predicted molar refractivity (Wildman–Crippen MR) is 109 cm³/mol. The molecule has 0 aromatic carbocycles. The molecule has 0 bridgehead atoms. The van der Waals surface area contributed by atoms with Crippen molar-refractivity contribution in [3.05, 3.63) is 35.5 Å². The molecule has 1 saturated heterocycles. The summed E-state index contributed by atoms with van der Waals surface area (Å²) in [4.78, 5) is 25.2. The first-order valence-electron chi connectivity index (χ1n) is 9.48. The second-order valence-electron chi connectivity index (χ2n) is 8.39. The topological polar surface area (TPSA) is 89.8 Å². The lowest BCUT2D eigenvalue weighted by molar-refractivity contribution is -0.0564. The van der Waals surface area contributed by atoms with E-state index < -0.39 is 17.2 Å². The maximum Gasteiger partial charge on any atom is 0.407 e. The fraction of sp³-hybridized carbons (Fsp3) is 0.550. The molecule has 0 unspecified atom stereocenters. The maximum atomic E-state index is 11.6. The van der Waals surface area contributed by atoms with Crippen molar-refractivity contribution in [1.29, 1.82) is 0 Å². The van der Waals surface area contributed by atoms with Crippen molar-refractivity contribution in [2.75, 3.05) is 19.6 Å². The minimum atomic E-state index is -0.991. The zero-order valence-corrected chi connectivity index (χ0v) is 17.4. The second kappa shape index (κ2) is 8.14. The van der Waals surface area contributed by atoms with E-state index in [9.17, 15) is 15.0 Å². The molecule has 2 aromatic heterocycles. The molecule has 28 heavy (non-hydrogen) atoms. The summed E-state index contributed by atoms with van der Waals surface area (Å²) in [6.45, 7) is 7.93. The Bertz CT molecular complexity index is 795. The van der Waals surface area contributed by atoms with E-state index in [1.165, 1.54) is 4.90 Å². The Morgan fingerprint density at radius 2 is 2.00 bits per heavy atom. The van der Waals surface area contributed by atoms with Gasteiger partial charge in [-0.3, -0.25) is 9.88 Å². The van der Waals surface area contributed by atoms with E-state index in [1.807, 2.05) is 45.2 Å². The van der Waals surface area contributed by atoms with E-state index in [-0.39, 0.29) is 6.54 Å². The third kappa shape index (κ3) is 5.06. The Hall–Kier alpha value is -2.03. The normalized spacial score (nSPS) is 17.4. The highest BCUT2D eigenvalue weighted by molar-refractivity contribution is 7.14. The molecule has 7 nitrogen and oxygen atoms in total. The van der Waals surface area contributed by atoms with Crippen LogP contribution in [-0.4, -0.2) is 66.8 Å². The van der Waals surface area contributed by atoms with Crippen molar-refractivity contribution >= 4 is 17.4 Å². The van der Waals surface area contributed by atoms with Crippen LogP contribution < -0.4 is 0 Å². The molecular formula is C20H28N4O3S. The van der Waals surface area contributed by atoms with Crippen LogP contribution in [0.4, 0.5) is 4.79 Å². The summed E-state index contributed by atoms with van der Waals surface area (Å²) in [5.74, 6) is 0. The van der Waals surface area contributed by atoms with Crippen molar-refractivity contribution in [2.45, 2.75) is 51.3 Å². The number of carboxylic acid groups (broad SMARTS) is 1. The van der Waals surface area contributed by atoms with Gasteiger partial charge in [0.1, 0.15) is 5.01 Å². The largest absolute Gasteiger partial charge is 0.465 e. The molecule has 0 atom stereocenters. The summed E-state index contributed by atoms with van der Waals surface area (Å²) in [5, 5.41) is 21.3. The van der Waals surface area contributed by atoms with Crippen LogP contribution in [0.3, 0.4) is 0 Å². The van der Waals surface area contributed by atoms with Crippen molar-refractivity contribution in [1.82, 2.24) is 19.8 Å². The summed E-state index contributed by atoms with van der Waals surface area (Å²) >= 11 is 1.63. The highest BCUT2D eigenvalue weighted by atomic mass is 32.1. The van der Waals surface area contributed by atoms with E-state index in [0.29, 0.717) is 12.8 Å². The fourth-order valence-corrected chi connectivity index (χ4v) is 4.31. The molecule has 2 aromatic rings. The molecular weight excluding hydrogens is 376 g/mol. The number of aromatic nitrogens is 2. The first-order chi connectivity index (χ1) is 13.2. The summed E-state index contributed by atoms with van der Waals surface area (Å²) in [5.41, 5.74) is -0.638. The number of aliphatic hydroxyl groups is 1. The summed E-state index contributed by atoms with van der Waals surface area (Å²) in [7, 11) is 0. The van der Waals surface area contributed by atoms with E-state index in [2.05, 4.69) is 14.9 Å². The Balaban J connectivity index is 1.57. The number of hydrogen-bond donors (Lipinski definition) is 2. The monoisotopic (exact) mass is 404 g/mol. The van der Waals surface area contributed by atoms with Gasteiger partial charge in [-0.05, 0) is 45.7 Å². The van der Waals surface area contributed by atoms with Crippen LogP contribution in [0.25, 0.3) is 10.7 Å². The molecule has 3 rings (SSSR count). The van der Waals surface area contributed by atoms with Crippen LogP contribution in [0.15, 0.2) is 30.6 Å². The number of carbonyl (C=O) groups is 1. The summed E-state index contributed by atoms with van der Waals surface area (Å²) in [6.07, 6.45) is 3.77. The molecule has 0 radical (unpaired) electrons. The highest BCUT2D eigenvalue weighted by Gasteiger charge is 2.38. The number of amides is 1. The lowest BCUT2D eigenvalue weighted by Gasteiger charge is -2.43. The standard InChI is InChI=1S/C20H28N4O3S/c1-19(2,3)24(18(25)26)14-20(27)7-10-23(11-8-20)13-15-12-22-17(28-15)16-6-4-5-9-21-16/h4-6,9,12,27H,7-8,10-11,13-14H2,1-3H3,(H,25,26). The molecule has 1 aliphatic rings. The van der Waals surface area contributed by atoms with E-state index in [0.717, 1.165) is 35.2 Å². The van der Waals surface area contributed by atoms with Crippen LogP contribution in [0.1, 0.15) is 38.5 Å². The maximum absolute atomic E-state index is 11.6. The summed E-state index contributed by atoms with van der Waals surface area (Å²) in [6, 6.07) is 5.79. The third-order valence-corrected chi connectivity index (χ3v) is 6.10. The van der Waals surface area contributed by atoms with Gasteiger partial charge in [0.25, 0.3) is 0 Å². The van der Waals surface area contributed by atoms with Crippen LogP contribution in [0, 0.1) is 0 Å². The van der Waals surface area contributed by atoms with Gasteiger partial charge in [-0.15, -0.1) is 11.3 Å². The Labute approximate surface area is 169 Å². The lowest BCUT2D eigenvalue weighted by atomic mass is 9.89. The molecule has 2 N–H and O–H groups in total. The van der Waals surface area contributed by atoms with Crippen LogP contribution in [0.5, 0.6) is 0 Å². The number of nitrogens with zero attached hydrogens (tertiary/aromatic N) is 4. The van der Waals surface area contributed by atoms with E-state index in [1.54, 1.807) is 17.5 Å². The molecule has 0 aliphatic carbocycles. The fourth-order valence-electron chi connectivity index (χ4n) is 3.38.